The van der Waals surface area contributed by atoms with E-state index in [-0.39, 0.29) is 11.9 Å². The number of nitrogens with zero attached hydrogens (tertiary/aromatic N) is 2. The van der Waals surface area contributed by atoms with E-state index < -0.39 is 0 Å². The first-order valence-corrected chi connectivity index (χ1v) is 6.23. The molecular weight excluding hydrogens is 237 g/mol. The van der Waals surface area contributed by atoms with Gasteiger partial charge in [0.1, 0.15) is 5.82 Å². The molecule has 0 fully saturated rings. The molecular formula is C12H14FN3S. The summed E-state index contributed by atoms with van der Waals surface area (Å²) in [6.45, 7) is 3.88. The number of benzene rings is 1. The first kappa shape index (κ1) is 12.1. The van der Waals surface area contributed by atoms with Gasteiger partial charge in [0.15, 0.2) is 0 Å². The first-order valence-electron chi connectivity index (χ1n) is 5.46. The molecule has 3 nitrogen and oxygen atoms in total. The van der Waals surface area contributed by atoms with Crippen LogP contribution in [-0.4, -0.2) is 9.59 Å². The molecule has 5 heteroatoms. The van der Waals surface area contributed by atoms with Crippen LogP contribution in [0.4, 0.5) is 4.39 Å². The highest BCUT2D eigenvalue weighted by molar-refractivity contribution is 7.05. The van der Waals surface area contributed by atoms with Crippen molar-refractivity contribution in [1.82, 2.24) is 9.59 Å². The second kappa shape index (κ2) is 4.89. The van der Waals surface area contributed by atoms with E-state index in [4.69, 9.17) is 5.73 Å². The first-order chi connectivity index (χ1) is 8.13. The fraction of sp³-hybridized carbons (Fsp3) is 0.333. The Hall–Kier alpha value is -1.33. The Morgan fingerprint density at radius 2 is 2.24 bits per heavy atom. The average molecular weight is 251 g/mol. The SMILES string of the molecule is CCc1nnsc1C(N)c1ccc(F)cc1C. The molecule has 1 aromatic carbocycles. The summed E-state index contributed by atoms with van der Waals surface area (Å²) in [6, 6.07) is 4.39. The second-order valence-electron chi connectivity index (χ2n) is 3.92. The summed E-state index contributed by atoms with van der Waals surface area (Å²) in [5.41, 5.74) is 8.90. The van der Waals surface area contributed by atoms with Crippen LogP contribution in [0.15, 0.2) is 18.2 Å². The van der Waals surface area contributed by atoms with Crippen LogP contribution >= 0.6 is 11.5 Å². The number of hydrogen-bond donors (Lipinski definition) is 1. The van der Waals surface area contributed by atoms with E-state index in [9.17, 15) is 4.39 Å². The monoisotopic (exact) mass is 251 g/mol. The van der Waals surface area contributed by atoms with E-state index >= 15 is 0 Å². The van der Waals surface area contributed by atoms with Gasteiger partial charge in [0, 0.05) is 0 Å². The highest BCUT2D eigenvalue weighted by Crippen LogP contribution is 2.27. The summed E-state index contributed by atoms with van der Waals surface area (Å²) in [4.78, 5) is 0.960. The Bertz CT molecular complexity index is 524. The zero-order valence-corrected chi connectivity index (χ0v) is 10.6. The Balaban J connectivity index is 2.40. The Morgan fingerprint density at radius 1 is 1.47 bits per heavy atom. The number of nitrogens with two attached hydrogens (primary N) is 1. The quantitative estimate of drug-likeness (QED) is 0.912. The maximum atomic E-state index is 13.0. The van der Waals surface area contributed by atoms with Crippen molar-refractivity contribution in [3.8, 4) is 0 Å². The van der Waals surface area contributed by atoms with Crippen molar-refractivity contribution in [3.05, 3.63) is 45.7 Å². The third-order valence-corrected chi connectivity index (χ3v) is 3.62. The molecule has 0 radical (unpaired) electrons. The van der Waals surface area contributed by atoms with Gasteiger partial charge in [0.25, 0.3) is 0 Å². The van der Waals surface area contributed by atoms with E-state index in [1.54, 1.807) is 6.07 Å². The van der Waals surface area contributed by atoms with Gasteiger partial charge >= 0.3 is 0 Å². The van der Waals surface area contributed by atoms with E-state index in [1.807, 2.05) is 13.8 Å². The Kier molecular flexibility index (Phi) is 3.49. The van der Waals surface area contributed by atoms with Crippen LogP contribution in [0.5, 0.6) is 0 Å². The van der Waals surface area contributed by atoms with Gasteiger partial charge in [-0.3, -0.25) is 0 Å². The summed E-state index contributed by atoms with van der Waals surface area (Å²) in [7, 11) is 0. The minimum atomic E-state index is -0.273. The molecule has 0 amide bonds. The molecule has 1 aromatic heterocycles. The number of aryl methyl sites for hydroxylation is 2. The fourth-order valence-electron chi connectivity index (χ4n) is 1.83. The molecule has 2 rings (SSSR count). The third-order valence-electron chi connectivity index (χ3n) is 2.77. The lowest BCUT2D eigenvalue weighted by molar-refractivity contribution is 0.625. The lowest BCUT2D eigenvalue weighted by Crippen LogP contribution is -2.13. The van der Waals surface area contributed by atoms with Crippen LogP contribution in [0.2, 0.25) is 0 Å². The van der Waals surface area contributed by atoms with Gasteiger partial charge < -0.3 is 5.73 Å². The summed E-state index contributed by atoms with van der Waals surface area (Å²) in [5.74, 6) is -0.239. The molecule has 90 valence electrons. The summed E-state index contributed by atoms with van der Waals surface area (Å²) < 4.78 is 17.0. The standard InChI is InChI=1S/C12H14FN3S/c1-3-10-12(17-16-15-10)11(14)9-5-4-8(13)6-7(9)2/h4-6,11H,3,14H2,1-2H3. The van der Waals surface area contributed by atoms with Crippen LogP contribution in [0.1, 0.15) is 34.7 Å². The maximum Gasteiger partial charge on any atom is 0.123 e. The predicted molar refractivity (Wildman–Crippen MR) is 66.5 cm³/mol. The molecule has 1 unspecified atom stereocenters. The zero-order chi connectivity index (χ0) is 12.4. The van der Waals surface area contributed by atoms with E-state index in [2.05, 4.69) is 9.59 Å². The molecule has 0 bridgehead atoms. The van der Waals surface area contributed by atoms with Gasteiger partial charge in [0.05, 0.1) is 16.6 Å². The van der Waals surface area contributed by atoms with Gasteiger partial charge in [-0.05, 0) is 48.1 Å². The molecule has 2 aromatic rings. The van der Waals surface area contributed by atoms with Crippen LogP contribution in [-0.2, 0) is 6.42 Å². The van der Waals surface area contributed by atoms with E-state index in [1.165, 1.54) is 23.7 Å². The van der Waals surface area contributed by atoms with Crippen molar-refractivity contribution >= 4 is 11.5 Å². The van der Waals surface area contributed by atoms with Gasteiger partial charge in [-0.1, -0.05) is 17.5 Å². The molecule has 0 spiro atoms. The van der Waals surface area contributed by atoms with Gasteiger partial charge in [0.2, 0.25) is 0 Å². The zero-order valence-electron chi connectivity index (χ0n) is 9.77. The highest BCUT2D eigenvalue weighted by Gasteiger charge is 2.18. The van der Waals surface area contributed by atoms with Gasteiger partial charge in [-0.15, -0.1) is 5.10 Å². The van der Waals surface area contributed by atoms with Crippen molar-refractivity contribution in [3.63, 3.8) is 0 Å². The minimum absolute atomic E-state index is 0.239. The summed E-state index contributed by atoms with van der Waals surface area (Å²) in [6.07, 6.45) is 0.805. The predicted octanol–water partition coefficient (Wildman–Crippen LogP) is 2.60. The van der Waals surface area contributed by atoms with Crippen LogP contribution < -0.4 is 5.73 Å². The van der Waals surface area contributed by atoms with Crippen molar-refractivity contribution < 1.29 is 4.39 Å². The minimum Gasteiger partial charge on any atom is -0.319 e. The van der Waals surface area contributed by atoms with Crippen LogP contribution in [0.25, 0.3) is 0 Å². The molecule has 0 aliphatic heterocycles. The normalized spacial score (nSPS) is 12.7. The molecule has 0 aliphatic rings. The Labute approximate surface area is 104 Å². The van der Waals surface area contributed by atoms with Crippen molar-refractivity contribution in [2.45, 2.75) is 26.3 Å². The Morgan fingerprint density at radius 3 is 2.88 bits per heavy atom. The van der Waals surface area contributed by atoms with Gasteiger partial charge in [-0.2, -0.15) is 0 Å². The van der Waals surface area contributed by atoms with Gasteiger partial charge in [-0.25, -0.2) is 4.39 Å². The fourth-order valence-corrected chi connectivity index (χ4v) is 2.58. The van der Waals surface area contributed by atoms with Crippen molar-refractivity contribution in [2.75, 3.05) is 0 Å². The number of halogens is 1. The molecule has 0 saturated carbocycles. The smallest absolute Gasteiger partial charge is 0.123 e. The average Bonchev–Trinajstić information content (AvgIpc) is 2.76. The molecule has 1 atom stereocenters. The highest BCUT2D eigenvalue weighted by atomic mass is 32.1. The van der Waals surface area contributed by atoms with Crippen LogP contribution in [0, 0.1) is 12.7 Å². The molecule has 2 N–H and O–H groups in total. The number of hydrogen-bond acceptors (Lipinski definition) is 4. The lowest BCUT2D eigenvalue weighted by atomic mass is 9.99. The topological polar surface area (TPSA) is 51.8 Å². The molecule has 0 aliphatic carbocycles. The maximum absolute atomic E-state index is 13.0. The third kappa shape index (κ3) is 2.35. The van der Waals surface area contributed by atoms with Crippen molar-refractivity contribution in [2.24, 2.45) is 5.73 Å². The van der Waals surface area contributed by atoms with E-state index in [0.717, 1.165) is 28.1 Å². The molecule has 1 heterocycles. The number of aromatic nitrogens is 2. The van der Waals surface area contributed by atoms with Crippen molar-refractivity contribution in [1.29, 1.82) is 0 Å². The van der Waals surface area contributed by atoms with E-state index in [0.29, 0.717) is 0 Å². The second-order valence-corrected chi connectivity index (χ2v) is 4.70. The molecule has 17 heavy (non-hydrogen) atoms. The largest absolute Gasteiger partial charge is 0.319 e. The van der Waals surface area contributed by atoms with Crippen LogP contribution in [0.3, 0.4) is 0 Å². The lowest BCUT2D eigenvalue weighted by Gasteiger charge is -2.13. The molecule has 0 saturated heterocycles. The summed E-state index contributed by atoms with van der Waals surface area (Å²) in [5, 5.41) is 4.04. The number of rotatable bonds is 3. The summed E-state index contributed by atoms with van der Waals surface area (Å²) >= 11 is 1.31.